The highest BCUT2D eigenvalue weighted by Crippen LogP contribution is 2.32. The molecule has 2 fully saturated rings. The van der Waals surface area contributed by atoms with Crippen LogP contribution in [0.1, 0.15) is 36.0 Å². The fraction of sp³-hybridized carbons (Fsp3) is 0.467. The Morgan fingerprint density at radius 2 is 1.81 bits per heavy atom. The van der Waals surface area contributed by atoms with Gasteiger partial charge in [-0.3, -0.25) is 4.90 Å². The minimum absolute atomic E-state index is 0. The van der Waals surface area contributed by atoms with Crippen molar-refractivity contribution in [3.63, 3.8) is 0 Å². The Balaban J connectivity index is 0.00000161. The predicted octanol–water partition coefficient (Wildman–Crippen LogP) is 0.113. The fourth-order valence-corrected chi connectivity index (χ4v) is 3.15. The second kappa shape index (κ2) is 6.77. The molecule has 1 aromatic rings. The molecule has 3 rings (SSSR count). The quantitative estimate of drug-likeness (QED) is 0.572. The summed E-state index contributed by atoms with van der Waals surface area (Å²) in [6.45, 7) is 0. The van der Waals surface area contributed by atoms with Gasteiger partial charge < -0.3 is 17.2 Å². The Morgan fingerprint density at radius 3 is 2.38 bits per heavy atom. The molecular formula is C15H17Cl2N2O2-. The van der Waals surface area contributed by atoms with E-state index in [9.17, 15) is 4.79 Å². The minimum Gasteiger partial charge on any atom is -1.00 e. The zero-order valence-corrected chi connectivity index (χ0v) is 13.3. The number of piperidine rings is 1. The highest BCUT2D eigenvalue weighted by Gasteiger charge is 2.36. The lowest BCUT2D eigenvalue weighted by Crippen LogP contribution is -3.00. The number of hydrogen-bond acceptors (Lipinski definition) is 4. The second-order valence-corrected chi connectivity index (χ2v) is 5.94. The molecule has 114 valence electrons. The van der Waals surface area contributed by atoms with Gasteiger partial charge in [0.2, 0.25) is 0 Å². The molecule has 2 heterocycles. The molecule has 2 unspecified atom stereocenters. The van der Waals surface area contributed by atoms with Crippen LogP contribution < -0.4 is 12.4 Å². The van der Waals surface area contributed by atoms with E-state index in [2.05, 4.69) is 17.1 Å². The van der Waals surface area contributed by atoms with Gasteiger partial charge in [-0.2, -0.15) is 0 Å². The minimum atomic E-state index is -0.430. The van der Waals surface area contributed by atoms with E-state index in [4.69, 9.17) is 16.4 Å². The summed E-state index contributed by atoms with van der Waals surface area (Å²) in [5.74, 6) is -0.430. The summed E-state index contributed by atoms with van der Waals surface area (Å²) in [7, 11) is 2.17. The summed E-state index contributed by atoms with van der Waals surface area (Å²) < 4.78 is 0. The number of benzene rings is 1. The lowest BCUT2D eigenvalue weighted by Gasteiger charge is -2.31. The maximum atomic E-state index is 11.9. The molecule has 4 nitrogen and oxygen atoms in total. The number of fused-ring (bicyclic) bond motifs is 2. The van der Waals surface area contributed by atoms with Crippen LogP contribution in [-0.4, -0.2) is 35.7 Å². The molecule has 0 radical (unpaired) electrons. The zero-order chi connectivity index (χ0) is 14.1. The average molecular weight is 328 g/mol. The van der Waals surface area contributed by atoms with Gasteiger partial charge in [-0.15, -0.1) is 0 Å². The molecular weight excluding hydrogens is 311 g/mol. The first-order chi connectivity index (χ1) is 9.63. The molecule has 0 saturated carbocycles. The largest absolute Gasteiger partial charge is 1.00 e. The van der Waals surface area contributed by atoms with Crippen molar-refractivity contribution in [3.8, 4) is 0 Å². The summed E-state index contributed by atoms with van der Waals surface area (Å²) in [6, 6.07) is 7.73. The molecule has 2 aliphatic heterocycles. The smallest absolute Gasteiger partial charge is 0.365 e. The van der Waals surface area contributed by atoms with Crippen LogP contribution in [0.25, 0.3) is 0 Å². The van der Waals surface area contributed by atoms with E-state index in [0.717, 1.165) is 18.6 Å². The first-order valence-corrected chi connectivity index (χ1v) is 7.26. The van der Waals surface area contributed by atoms with Crippen LogP contribution in [0.15, 0.2) is 29.4 Å². The Hall–Kier alpha value is -1.10. The Labute approximate surface area is 135 Å². The molecule has 0 N–H and O–H groups in total. The van der Waals surface area contributed by atoms with Crippen molar-refractivity contribution < 1.29 is 22.0 Å². The third kappa shape index (κ3) is 3.57. The number of rotatable bonds is 2. The van der Waals surface area contributed by atoms with Crippen LogP contribution in [0.3, 0.4) is 0 Å². The number of nitrogens with zero attached hydrogens (tertiary/aromatic N) is 2. The Bertz CT molecular complexity index is 529. The van der Waals surface area contributed by atoms with Crippen LogP contribution in [0.2, 0.25) is 5.02 Å². The van der Waals surface area contributed by atoms with Gasteiger partial charge in [-0.05, 0) is 44.2 Å². The van der Waals surface area contributed by atoms with E-state index < -0.39 is 5.97 Å². The van der Waals surface area contributed by atoms with Crippen LogP contribution in [0, 0.1) is 0 Å². The SMILES string of the molecule is CN1C2CCC1CC(=NOC(=O)c1ccc(Cl)cc1)C2.[Cl-]. The second-order valence-electron chi connectivity index (χ2n) is 5.50. The van der Waals surface area contributed by atoms with E-state index in [1.807, 2.05) is 0 Å². The van der Waals surface area contributed by atoms with Gasteiger partial charge in [-0.25, -0.2) is 4.79 Å². The normalized spacial score (nSPS) is 24.4. The molecule has 0 aromatic heterocycles. The van der Waals surface area contributed by atoms with Gasteiger partial charge in [0, 0.05) is 29.9 Å². The molecule has 2 aliphatic rings. The summed E-state index contributed by atoms with van der Waals surface area (Å²) in [6.07, 6.45) is 4.23. The molecule has 0 amide bonds. The topological polar surface area (TPSA) is 41.9 Å². The number of halogens is 2. The van der Waals surface area contributed by atoms with Gasteiger partial charge in [-0.1, -0.05) is 16.8 Å². The fourth-order valence-electron chi connectivity index (χ4n) is 3.03. The van der Waals surface area contributed by atoms with Crippen LogP contribution in [0.4, 0.5) is 0 Å². The van der Waals surface area contributed by atoms with Crippen molar-refractivity contribution in [2.45, 2.75) is 37.8 Å². The van der Waals surface area contributed by atoms with E-state index in [-0.39, 0.29) is 12.4 Å². The maximum Gasteiger partial charge on any atom is 0.365 e. The summed E-state index contributed by atoms with van der Waals surface area (Å²) in [5.41, 5.74) is 1.47. The molecule has 21 heavy (non-hydrogen) atoms. The monoisotopic (exact) mass is 327 g/mol. The molecule has 2 saturated heterocycles. The number of carbonyl (C=O) groups is 1. The molecule has 2 bridgehead atoms. The van der Waals surface area contributed by atoms with Gasteiger partial charge >= 0.3 is 5.97 Å². The van der Waals surface area contributed by atoms with E-state index in [1.54, 1.807) is 24.3 Å². The maximum absolute atomic E-state index is 11.9. The van der Waals surface area contributed by atoms with Gasteiger partial charge in [0.25, 0.3) is 0 Å². The Kier molecular flexibility index (Phi) is 5.25. The van der Waals surface area contributed by atoms with Crippen molar-refractivity contribution in [3.05, 3.63) is 34.9 Å². The highest BCUT2D eigenvalue weighted by atomic mass is 35.5. The average Bonchev–Trinajstić information content (AvgIpc) is 2.66. The molecule has 0 spiro atoms. The first-order valence-electron chi connectivity index (χ1n) is 6.88. The van der Waals surface area contributed by atoms with Gasteiger partial charge in [0.05, 0.1) is 11.3 Å². The standard InChI is InChI=1S/C15H17ClN2O2.ClH/c1-18-13-6-7-14(18)9-12(8-13)17-20-15(19)10-2-4-11(16)5-3-10;/h2-5,13-14H,6-9H2,1H3;1H/p-1. The number of hydrogen-bond donors (Lipinski definition) is 0. The Morgan fingerprint density at radius 1 is 1.24 bits per heavy atom. The third-order valence-electron chi connectivity index (χ3n) is 4.27. The van der Waals surface area contributed by atoms with E-state index in [0.29, 0.717) is 22.7 Å². The number of oxime groups is 1. The lowest BCUT2D eigenvalue weighted by atomic mass is 10.0. The van der Waals surface area contributed by atoms with Gasteiger partial charge in [0.1, 0.15) is 0 Å². The van der Waals surface area contributed by atoms with Crippen molar-refractivity contribution in [2.24, 2.45) is 5.16 Å². The number of carbonyl (C=O) groups excluding carboxylic acids is 1. The molecule has 1 aromatic carbocycles. The summed E-state index contributed by atoms with van der Waals surface area (Å²) in [5, 5.41) is 4.66. The first kappa shape index (κ1) is 16.3. The van der Waals surface area contributed by atoms with Crippen molar-refractivity contribution in [1.82, 2.24) is 4.90 Å². The third-order valence-corrected chi connectivity index (χ3v) is 4.52. The lowest BCUT2D eigenvalue weighted by molar-refractivity contribution is -0.0000205. The van der Waals surface area contributed by atoms with Crippen LogP contribution in [0.5, 0.6) is 0 Å². The highest BCUT2D eigenvalue weighted by molar-refractivity contribution is 6.30. The van der Waals surface area contributed by atoms with Crippen molar-refractivity contribution in [2.75, 3.05) is 7.05 Å². The van der Waals surface area contributed by atoms with E-state index in [1.165, 1.54) is 12.8 Å². The van der Waals surface area contributed by atoms with Crippen molar-refractivity contribution in [1.29, 1.82) is 0 Å². The summed E-state index contributed by atoms with van der Waals surface area (Å²) in [4.78, 5) is 19.3. The van der Waals surface area contributed by atoms with E-state index >= 15 is 0 Å². The molecule has 2 atom stereocenters. The molecule has 0 aliphatic carbocycles. The zero-order valence-electron chi connectivity index (χ0n) is 11.8. The summed E-state index contributed by atoms with van der Waals surface area (Å²) >= 11 is 5.78. The van der Waals surface area contributed by atoms with Crippen molar-refractivity contribution >= 4 is 23.3 Å². The predicted molar refractivity (Wildman–Crippen MR) is 78.1 cm³/mol. The molecule has 6 heteroatoms. The van der Waals surface area contributed by atoms with Crippen LogP contribution in [-0.2, 0) is 4.84 Å². The van der Waals surface area contributed by atoms with Gasteiger partial charge in [0.15, 0.2) is 0 Å². The van der Waals surface area contributed by atoms with Crippen LogP contribution >= 0.6 is 11.6 Å².